The van der Waals surface area contributed by atoms with Gasteiger partial charge >= 0.3 is 6.03 Å². The molecule has 3 amide bonds. The lowest BCUT2D eigenvalue weighted by atomic mass is 9.73. The number of hydrogen-bond donors (Lipinski definition) is 3. The Bertz CT molecular complexity index is 884. The molecular formula is C25H35N5O2. The first kappa shape index (κ1) is 21.3. The van der Waals surface area contributed by atoms with Gasteiger partial charge in [-0.05, 0) is 75.0 Å². The highest BCUT2D eigenvalue weighted by Gasteiger charge is 2.52. The number of urea groups is 1. The predicted octanol–water partition coefficient (Wildman–Crippen LogP) is 4.15. The van der Waals surface area contributed by atoms with Crippen LogP contribution in [0, 0.1) is 5.92 Å². The lowest BCUT2D eigenvalue weighted by molar-refractivity contribution is -0.120. The summed E-state index contributed by atoms with van der Waals surface area (Å²) in [5.74, 6) is 1.45. The van der Waals surface area contributed by atoms with Gasteiger partial charge in [-0.15, -0.1) is 0 Å². The van der Waals surface area contributed by atoms with Crippen molar-refractivity contribution < 1.29 is 9.59 Å². The van der Waals surface area contributed by atoms with Crippen molar-refractivity contribution in [1.82, 2.24) is 15.6 Å². The van der Waals surface area contributed by atoms with Crippen molar-refractivity contribution in [2.45, 2.75) is 88.6 Å². The molecule has 3 aliphatic heterocycles. The van der Waals surface area contributed by atoms with Crippen LogP contribution in [-0.2, 0) is 11.2 Å². The lowest BCUT2D eigenvalue weighted by Crippen LogP contribution is -2.52. The minimum Gasteiger partial charge on any atom is -0.312 e. The topological polar surface area (TPSA) is 85.8 Å². The van der Waals surface area contributed by atoms with E-state index in [0.717, 1.165) is 56.5 Å². The SMILES string of the molecule is O=C1CCCN2C(=O)NC(=NC3CCCCC3)C23CCC(CC3)Cc2cccc(c2)NN1. The van der Waals surface area contributed by atoms with Crippen molar-refractivity contribution in [2.24, 2.45) is 10.9 Å². The number of carbonyl (C=O) groups is 2. The van der Waals surface area contributed by atoms with Crippen LogP contribution in [0.25, 0.3) is 0 Å². The molecule has 172 valence electrons. The second-order valence-corrected chi connectivity index (χ2v) is 10.0. The van der Waals surface area contributed by atoms with E-state index in [0.29, 0.717) is 31.3 Å². The summed E-state index contributed by atoms with van der Waals surface area (Å²) in [6, 6.07) is 8.62. The number of hydrazine groups is 1. The average molecular weight is 438 g/mol. The molecule has 3 heterocycles. The van der Waals surface area contributed by atoms with Gasteiger partial charge in [-0.25, -0.2) is 4.79 Å². The molecule has 1 saturated heterocycles. The third-order valence-corrected chi connectivity index (χ3v) is 7.83. The highest BCUT2D eigenvalue weighted by Crippen LogP contribution is 2.42. The number of anilines is 1. The summed E-state index contributed by atoms with van der Waals surface area (Å²) in [6.07, 6.45) is 12.1. The zero-order valence-corrected chi connectivity index (χ0v) is 18.9. The zero-order valence-electron chi connectivity index (χ0n) is 18.9. The van der Waals surface area contributed by atoms with E-state index in [1.165, 1.54) is 24.8 Å². The maximum Gasteiger partial charge on any atom is 0.323 e. The Morgan fingerprint density at radius 3 is 2.59 bits per heavy atom. The zero-order chi connectivity index (χ0) is 22.0. The Morgan fingerprint density at radius 1 is 0.969 bits per heavy atom. The number of amidine groups is 1. The van der Waals surface area contributed by atoms with E-state index >= 15 is 0 Å². The Morgan fingerprint density at radius 2 is 1.78 bits per heavy atom. The molecule has 1 spiro atoms. The molecule has 4 bridgehead atoms. The number of aliphatic imine (C=N–C) groups is 1. The largest absolute Gasteiger partial charge is 0.323 e. The van der Waals surface area contributed by atoms with Crippen LogP contribution in [0.1, 0.15) is 76.2 Å². The summed E-state index contributed by atoms with van der Waals surface area (Å²) in [7, 11) is 0. The van der Waals surface area contributed by atoms with Gasteiger partial charge in [0.05, 0.1) is 11.7 Å². The smallest absolute Gasteiger partial charge is 0.312 e. The fourth-order valence-electron chi connectivity index (χ4n) is 6.05. The van der Waals surface area contributed by atoms with Crippen molar-refractivity contribution in [3.8, 4) is 0 Å². The Kier molecular flexibility index (Phi) is 6.07. The number of nitrogens with zero attached hydrogens (tertiary/aromatic N) is 2. The van der Waals surface area contributed by atoms with Gasteiger partial charge in [0.15, 0.2) is 0 Å². The Balaban J connectivity index is 1.42. The minimum atomic E-state index is -0.318. The van der Waals surface area contributed by atoms with Crippen molar-refractivity contribution in [3.05, 3.63) is 29.8 Å². The number of hydrogen-bond acceptors (Lipinski definition) is 4. The first-order valence-corrected chi connectivity index (χ1v) is 12.4. The van der Waals surface area contributed by atoms with E-state index in [1.807, 2.05) is 17.0 Å². The quantitative estimate of drug-likeness (QED) is 0.617. The number of benzene rings is 1. The summed E-state index contributed by atoms with van der Waals surface area (Å²) in [6.45, 7) is 0.585. The van der Waals surface area contributed by atoms with Crippen molar-refractivity contribution in [3.63, 3.8) is 0 Å². The monoisotopic (exact) mass is 437 g/mol. The Hall–Kier alpha value is -2.57. The van der Waals surface area contributed by atoms with Gasteiger partial charge < -0.3 is 4.90 Å². The van der Waals surface area contributed by atoms with Crippen molar-refractivity contribution in [1.29, 1.82) is 0 Å². The lowest BCUT2D eigenvalue weighted by Gasteiger charge is -2.43. The molecule has 3 N–H and O–H groups in total. The summed E-state index contributed by atoms with van der Waals surface area (Å²) in [5, 5.41) is 3.16. The summed E-state index contributed by atoms with van der Waals surface area (Å²) in [5.41, 5.74) is 7.73. The molecule has 0 aromatic heterocycles. The first-order chi connectivity index (χ1) is 15.6. The van der Waals surface area contributed by atoms with E-state index in [9.17, 15) is 9.59 Å². The summed E-state index contributed by atoms with van der Waals surface area (Å²) < 4.78 is 0. The number of carbonyl (C=O) groups excluding carboxylic acids is 2. The van der Waals surface area contributed by atoms with Crippen molar-refractivity contribution in [2.75, 3.05) is 12.0 Å². The minimum absolute atomic E-state index is 0.0347. The summed E-state index contributed by atoms with van der Waals surface area (Å²) in [4.78, 5) is 32.6. The fraction of sp³-hybridized carbons (Fsp3) is 0.640. The normalized spacial score (nSPS) is 30.7. The second kappa shape index (κ2) is 9.12. The van der Waals surface area contributed by atoms with Gasteiger partial charge in [0, 0.05) is 13.0 Å². The molecule has 2 saturated carbocycles. The number of nitrogens with one attached hydrogen (secondary N) is 3. The molecule has 32 heavy (non-hydrogen) atoms. The standard InChI is InChI=1S/C25H35N5O2/c31-22-10-5-15-30-24(32)27-23(26-20-7-2-1-3-8-20)25(30)13-11-18(12-14-25)16-19-6-4-9-21(17-19)28-29-22/h4,6,9,17-18,20,28H,1-3,5,7-8,10-16H2,(H,29,31)(H,26,27,32). The first-order valence-electron chi connectivity index (χ1n) is 12.4. The number of rotatable bonds is 1. The molecular weight excluding hydrogens is 402 g/mol. The van der Waals surface area contributed by atoms with Crippen LogP contribution in [0.2, 0.25) is 0 Å². The van der Waals surface area contributed by atoms with E-state index in [-0.39, 0.29) is 17.5 Å². The second-order valence-electron chi connectivity index (χ2n) is 10.0. The third kappa shape index (κ3) is 4.34. The fourth-order valence-corrected chi connectivity index (χ4v) is 6.05. The van der Waals surface area contributed by atoms with Gasteiger partial charge in [0.25, 0.3) is 0 Å². The predicted molar refractivity (Wildman–Crippen MR) is 125 cm³/mol. The third-order valence-electron chi connectivity index (χ3n) is 7.83. The molecule has 3 fully saturated rings. The molecule has 0 radical (unpaired) electrons. The number of amides is 3. The molecule has 1 aromatic rings. The van der Waals surface area contributed by atoms with Crippen LogP contribution < -0.4 is 16.2 Å². The van der Waals surface area contributed by atoms with E-state index in [4.69, 9.17) is 4.99 Å². The van der Waals surface area contributed by atoms with Crippen LogP contribution in [0.15, 0.2) is 29.3 Å². The number of fused-ring (bicyclic) bond motifs is 7. The van der Waals surface area contributed by atoms with Gasteiger partial charge in [-0.1, -0.05) is 31.4 Å². The maximum atomic E-state index is 13.1. The van der Waals surface area contributed by atoms with Crippen LogP contribution in [0.5, 0.6) is 0 Å². The van der Waals surface area contributed by atoms with Gasteiger partial charge in [-0.3, -0.25) is 26.0 Å². The Labute approximate surface area is 190 Å². The van der Waals surface area contributed by atoms with Crippen LogP contribution in [0.4, 0.5) is 10.5 Å². The van der Waals surface area contributed by atoms with E-state index in [2.05, 4.69) is 28.3 Å². The molecule has 2 aliphatic carbocycles. The van der Waals surface area contributed by atoms with Gasteiger partial charge in [-0.2, -0.15) is 0 Å². The van der Waals surface area contributed by atoms with Crippen LogP contribution >= 0.6 is 0 Å². The molecule has 5 aliphatic rings. The maximum absolute atomic E-state index is 13.1. The molecule has 6 rings (SSSR count). The van der Waals surface area contributed by atoms with E-state index < -0.39 is 0 Å². The molecule has 1 aromatic carbocycles. The van der Waals surface area contributed by atoms with Gasteiger partial charge in [0.1, 0.15) is 11.4 Å². The molecule has 7 heteroatoms. The molecule has 0 atom stereocenters. The van der Waals surface area contributed by atoms with E-state index in [1.54, 1.807) is 0 Å². The highest BCUT2D eigenvalue weighted by atomic mass is 16.2. The van der Waals surface area contributed by atoms with Crippen LogP contribution in [0.3, 0.4) is 0 Å². The van der Waals surface area contributed by atoms with Crippen LogP contribution in [-0.4, -0.2) is 40.8 Å². The van der Waals surface area contributed by atoms with Gasteiger partial charge in [0.2, 0.25) is 5.91 Å². The molecule has 0 unspecified atom stereocenters. The average Bonchev–Trinajstić information content (AvgIpc) is 3.04. The van der Waals surface area contributed by atoms with Crippen molar-refractivity contribution >= 4 is 23.5 Å². The molecule has 7 nitrogen and oxygen atoms in total. The highest BCUT2D eigenvalue weighted by molar-refractivity contribution is 6.10. The summed E-state index contributed by atoms with van der Waals surface area (Å²) >= 11 is 0.